The lowest BCUT2D eigenvalue weighted by Crippen LogP contribution is -2.51. The molecule has 0 heterocycles. The van der Waals surface area contributed by atoms with Gasteiger partial charge in [-0.2, -0.15) is 0 Å². The summed E-state index contributed by atoms with van der Waals surface area (Å²) < 4.78 is 0.930. The number of hydrogen-bond donors (Lipinski definition) is 1. The second-order valence-electron chi connectivity index (χ2n) is 8.31. The molecule has 1 atom stereocenters. The van der Waals surface area contributed by atoms with E-state index in [0.29, 0.717) is 24.5 Å². The van der Waals surface area contributed by atoms with Gasteiger partial charge in [0.15, 0.2) is 0 Å². The van der Waals surface area contributed by atoms with Crippen molar-refractivity contribution in [3.8, 4) is 0 Å². The third-order valence-corrected chi connectivity index (χ3v) is 6.32. The number of halogens is 2. The SMILES string of the molecule is CCCCNC(=O)[C@@H](Cc1ccccc1)N(Cc1cccc(Br)c1)C(=O)Cc1cccc(Cl)c1. The number of carbonyl (C=O) groups is 2. The first kappa shape index (κ1) is 26.0. The Labute approximate surface area is 215 Å². The van der Waals surface area contributed by atoms with Crippen LogP contribution in [0.15, 0.2) is 83.3 Å². The Morgan fingerprint density at radius 2 is 1.65 bits per heavy atom. The van der Waals surface area contributed by atoms with E-state index in [1.165, 1.54) is 0 Å². The summed E-state index contributed by atoms with van der Waals surface area (Å²) >= 11 is 9.67. The Hall–Kier alpha value is -2.63. The Morgan fingerprint density at radius 1 is 0.941 bits per heavy atom. The van der Waals surface area contributed by atoms with Crippen molar-refractivity contribution in [2.45, 2.75) is 45.2 Å². The summed E-state index contributed by atoms with van der Waals surface area (Å²) in [5.74, 6) is -0.249. The summed E-state index contributed by atoms with van der Waals surface area (Å²) in [5, 5.41) is 3.63. The molecule has 3 aromatic rings. The summed E-state index contributed by atoms with van der Waals surface area (Å²) in [5.41, 5.74) is 2.78. The zero-order valence-electron chi connectivity index (χ0n) is 19.3. The smallest absolute Gasteiger partial charge is 0.243 e. The van der Waals surface area contributed by atoms with Gasteiger partial charge in [-0.05, 0) is 47.4 Å². The quantitative estimate of drug-likeness (QED) is 0.294. The lowest BCUT2D eigenvalue weighted by Gasteiger charge is -2.32. The molecule has 178 valence electrons. The van der Waals surface area contributed by atoms with Crippen molar-refractivity contribution < 1.29 is 9.59 Å². The zero-order chi connectivity index (χ0) is 24.3. The van der Waals surface area contributed by atoms with E-state index in [9.17, 15) is 9.59 Å². The molecule has 0 aromatic heterocycles. The maximum atomic E-state index is 13.7. The van der Waals surface area contributed by atoms with E-state index < -0.39 is 6.04 Å². The Balaban J connectivity index is 1.94. The maximum absolute atomic E-state index is 13.7. The molecule has 2 amide bonds. The van der Waals surface area contributed by atoms with E-state index >= 15 is 0 Å². The first-order chi connectivity index (χ1) is 16.5. The van der Waals surface area contributed by atoms with Gasteiger partial charge in [-0.1, -0.05) is 95.5 Å². The number of carbonyl (C=O) groups excluding carboxylic acids is 2. The number of rotatable bonds is 11. The molecule has 0 aliphatic heterocycles. The van der Waals surface area contributed by atoms with Crippen LogP contribution >= 0.6 is 27.5 Å². The number of nitrogens with one attached hydrogen (secondary N) is 1. The van der Waals surface area contributed by atoms with Crippen LogP contribution in [-0.4, -0.2) is 29.3 Å². The molecule has 0 aliphatic rings. The highest BCUT2D eigenvalue weighted by atomic mass is 79.9. The molecule has 4 nitrogen and oxygen atoms in total. The Morgan fingerprint density at radius 3 is 2.35 bits per heavy atom. The average molecular weight is 542 g/mol. The molecule has 0 fully saturated rings. The van der Waals surface area contributed by atoms with Crippen molar-refractivity contribution in [3.63, 3.8) is 0 Å². The molecule has 6 heteroatoms. The molecule has 0 bridgehead atoms. The molecule has 0 spiro atoms. The van der Waals surface area contributed by atoms with Crippen LogP contribution < -0.4 is 5.32 Å². The van der Waals surface area contributed by atoms with E-state index in [1.807, 2.05) is 66.7 Å². The molecule has 0 saturated carbocycles. The third kappa shape index (κ3) is 8.00. The fourth-order valence-corrected chi connectivity index (χ4v) is 4.47. The predicted octanol–water partition coefficient (Wildman–Crippen LogP) is 6.20. The van der Waals surface area contributed by atoms with Crippen molar-refractivity contribution in [3.05, 3.63) is 105 Å². The van der Waals surface area contributed by atoms with Gasteiger partial charge in [0.1, 0.15) is 6.04 Å². The number of nitrogens with zero attached hydrogens (tertiary/aromatic N) is 1. The van der Waals surface area contributed by atoms with E-state index in [0.717, 1.165) is 34.0 Å². The molecule has 0 saturated heterocycles. The van der Waals surface area contributed by atoms with Crippen LogP contribution in [-0.2, 0) is 29.0 Å². The number of benzene rings is 3. The lowest BCUT2D eigenvalue weighted by molar-refractivity contribution is -0.140. The minimum atomic E-state index is -0.634. The summed E-state index contributed by atoms with van der Waals surface area (Å²) in [6, 6.07) is 24.3. The summed E-state index contributed by atoms with van der Waals surface area (Å²) in [6.07, 6.45) is 2.49. The minimum absolute atomic E-state index is 0.117. The highest BCUT2D eigenvalue weighted by Gasteiger charge is 2.30. The number of hydrogen-bond acceptors (Lipinski definition) is 2. The van der Waals surface area contributed by atoms with Crippen LogP contribution in [0.25, 0.3) is 0 Å². The second-order valence-corrected chi connectivity index (χ2v) is 9.66. The fourth-order valence-electron chi connectivity index (χ4n) is 3.82. The molecular weight excluding hydrogens is 512 g/mol. The van der Waals surface area contributed by atoms with E-state index in [4.69, 9.17) is 11.6 Å². The Kier molecular flexibility index (Phi) is 10.2. The first-order valence-corrected chi connectivity index (χ1v) is 12.7. The molecular formula is C28H30BrClN2O2. The number of amides is 2. The fraction of sp³-hybridized carbons (Fsp3) is 0.286. The monoisotopic (exact) mass is 540 g/mol. The Bertz CT molecular complexity index is 1090. The highest BCUT2D eigenvalue weighted by molar-refractivity contribution is 9.10. The van der Waals surface area contributed by atoms with Gasteiger partial charge in [0, 0.05) is 29.0 Å². The first-order valence-electron chi connectivity index (χ1n) is 11.6. The van der Waals surface area contributed by atoms with E-state index in [2.05, 4.69) is 28.2 Å². The van der Waals surface area contributed by atoms with Crippen molar-refractivity contribution in [2.75, 3.05) is 6.54 Å². The van der Waals surface area contributed by atoms with Crippen molar-refractivity contribution in [1.29, 1.82) is 0 Å². The normalized spacial score (nSPS) is 11.6. The standard InChI is InChI=1S/C28H30BrClN2O2/c1-2-3-15-31-28(34)26(18-21-9-5-4-6-10-21)32(20-23-12-7-13-24(29)16-23)27(33)19-22-11-8-14-25(30)17-22/h4-14,16-17,26H,2-3,15,18-20H2,1H3,(H,31,34)/t26-/m1/s1. The average Bonchev–Trinajstić information content (AvgIpc) is 2.82. The molecule has 3 aromatic carbocycles. The van der Waals surface area contributed by atoms with Crippen LogP contribution in [0.4, 0.5) is 0 Å². The molecule has 0 unspecified atom stereocenters. The van der Waals surface area contributed by atoms with Crippen LogP contribution in [0.1, 0.15) is 36.5 Å². The summed E-state index contributed by atoms with van der Waals surface area (Å²) in [6.45, 7) is 3.01. The molecule has 3 rings (SSSR count). The topological polar surface area (TPSA) is 49.4 Å². The zero-order valence-corrected chi connectivity index (χ0v) is 21.7. The van der Waals surface area contributed by atoms with Gasteiger partial charge in [-0.3, -0.25) is 9.59 Å². The summed E-state index contributed by atoms with van der Waals surface area (Å²) in [4.78, 5) is 28.8. The molecule has 0 radical (unpaired) electrons. The van der Waals surface area contributed by atoms with Gasteiger partial charge >= 0.3 is 0 Å². The van der Waals surface area contributed by atoms with Crippen molar-refractivity contribution >= 4 is 39.3 Å². The van der Waals surface area contributed by atoms with Crippen LogP contribution in [0.3, 0.4) is 0 Å². The largest absolute Gasteiger partial charge is 0.354 e. The highest BCUT2D eigenvalue weighted by Crippen LogP contribution is 2.20. The van der Waals surface area contributed by atoms with Gasteiger partial charge in [-0.15, -0.1) is 0 Å². The van der Waals surface area contributed by atoms with Crippen molar-refractivity contribution in [1.82, 2.24) is 10.2 Å². The van der Waals surface area contributed by atoms with E-state index in [-0.39, 0.29) is 18.2 Å². The van der Waals surface area contributed by atoms with Gasteiger partial charge < -0.3 is 10.2 Å². The molecule has 1 N–H and O–H groups in total. The second kappa shape index (κ2) is 13.3. The lowest BCUT2D eigenvalue weighted by atomic mass is 10.0. The third-order valence-electron chi connectivity index (χ3n) is 5.59. The number of unbranched alkanes of at least 4 members (excludes halogenated alkanes) is 1. The van der Waals surface area contributed by atoms with Crippen LogP contribution in [0.5, 0.6) is 0 Å². The predicted molar refractivity (Wildman–Crippen MR) is 142 cm³/mol. The van der Waals surface area contributed by atoms with Gasteiger partial charge in [0.2, 0.25) is 11.8 Å². The van der Waals surface area contributed by atoms with Gasteiger partial charge in [0.05, 0.1) is 6.42 Å². The van der Waals surface area contributed by atoms with E-state index in [1.54, 1.807) is 17.0 Å². The molecule has 0 aliphatic carbocycles. The van der Waals surface area contributed by atoms with Gasteiger partial charge in [0.25, 0.3) is 0 Å². The maximum Gasteiger partial charge on any atom is 0.243 e. The summed E-state index contributed by atoms with van der Waals surface area (Å²) in [7, 11) is 0. The minimum Gasteiger partial charge on any atom is -0.354 e. The van der Waals surface area contributed by atoms with Crippen LogP contribution in [0.2, 0.25) is 5.02 Å². The van der Waals surface area contributed by atoms with Crippen LogP contribution in [0, 0.1) is 0 Å². The van der Waals surface area contributed by atoms with Gasteiger partial charge in [-0.25, -0.2) is 0 Å². The molecule has 34 heavy (non-hydrogen) atoms. The van der Waals surface area contributed by atoms with Crippen molar-refractivity contribution in [2.24, 2.45) is 0 Å².